The summed E-state index contributed by atoms with van der Waals surface area (Å²) >= 11 is 0. The van der Waals surface area contributed by atoms with E-state index < -0.39 is 0 Å². The summed E-state index contributed by atoms with van der Waals surface area (Å²) in [5, 5.41) is 0. The second-order valence-electron chi connectivity index (χ2n) is 4.62. The summed E-state index contributed by atoms with van der Waals surface area (Å²) in [4.78, 5) is 0. The molecule has 0 aliphatic rings. The van der Waals surface area contributed by atoms with Crippen molar-refractivity contribution in [2.75, 3.05) is 26.9 Å². The van der Waals surface area contributed by atoms with E-state index in [4.69, 9.17) is 19.9 Å². The van der Waals surface area contributed by atoms with Crippen molar-refractivity contribution in [2.45, 2.75) is 6.04 Å². The zero-order valence-corrected chi connectivity index (χ0v) is 12.2. The zero-order valence-electron chi connectivity index (χ0n) is 12.2. The molecule has 0 aromatic heterocycles. The van der Waals surface area contributed by atoms with Crippen molar-refractivity contribution in [1.29, 1.82) is 0 Å². The highest BCUT2D eigenvalue weighted by molar-refractivity contribution is 5.30. The highest BCUT2D eigenvalue weighted by Gasteiger charge is 2.07. The van der Waals surface area contributed by atoms with Gasteiger partial charge in [0.25, 0.3) is 0 Å². The predicted molar refractivity (Wildman–Crippen MR) is 82.7 cm³/mol. The van der Waals surface area contributed by atoms with Crippen LogP contribution in [0.1, 0.15) is 11.6 Å². The maximum absolute atomic E-state index is 6.09. The summed E-state index contributed by atoms with van der Waals surface area (Å²) in [6.07, 6.45) is 0. The average molecular weight is 287 g/mol. The van der Waals surface area contributed by atoms with Crippen LogP contribution in [0, 0.1) is 0 Å². The lowest BCUT2D eigenvalue weighted by Crippen LogP contribution is -2.19. The smallest absolute Gasteiger partial charge is 0.119 e. The van der Waals surface area contributed by atoms with Gasteiger partial charge in [0.05, 0.1) is 26.4 Å². The second-order valence-corrected chi connectivity index (χ2v) is 4.62. The molecule has 2 aromatic carbocycles. The first-order chi connectivity index (χ1) is 10.3. The summed E-state index contributed by atoms with van der Waals surface area (Å²) < 4.78 is 16.3. The molecule has 0 amide bonds. The topological polar surface area (TPSA) is 53.7 Å². The van der Waals surface area contributed by atoms with Gasteiger partial charge in [-0.1, -0.05) is 30.3 Å². The first-order valence-corrected chi connectivity index (χ1v) is 6.94. The Morgan fingerprint density at radius 1 is 0.952 bits per heavy atom. The fourth-order valence-corrected chi connectivity index (χ4v) is 1.91. The van der Waals surface area contributed by atoms with Gasteiger partial charge in [0.1, 0.15) is 18.1 Å². The fourth-order valence-electron chi connectivity index (χ4n) is 1.91. The SMILES string of the molecule is COc1cccc(C(N)COCCOc2ccccc2)c1. The van der Waals surface area contributed by atoms with Crippen molar-refractivity contribution in [2.24, 2.45) is 5.73 Å². The predicted octanol–water partition coefficient (Wildman–Crippen LogP) is 2.79. The molecule has 2 N–H and O–H groups in total. The minimum atomic E-state index is -0.170. The van der Waals surface area contributed by atoms with E-state index in [9.17, 15) is 0 Å². The van der Waals surface area contributed by atoms with Gasteiger partial charge in [-0.3, -0.25) is 0 Å². The van der Waals surface area contributed by atoms with Crippen LogP contribution in [0.25, 0.3) is 0 Å². The lowest BCUT2D eigenvalue weighted by molar-refractivity contribution is 0.0903. The molecule has 0 fully saturated rings. The van der Waals surface area contributed by atoms with Crippen molar-refractivity contribution < 1.29 is 14.2 Å². The summed E-state index contributed by atoms with van der Waals surface area (Å²) in [6.45, 7) is 1.47. The van der Waals surface area contributed by atoms with Crippen LogP contribution in [0.5, 0.6) is 11.5 Å². The third kappa shape index (κ3) is 5.10. The van der Waals surface area contributed by atoms with Gasteiger partial charge in [-0.2, -0.15) is 0 Å². The number of methoxy groups -OCH3 is 1. The molecule has 2 aromatic rings. The normalized spacial score (nSPS) is 11.9. The van der Waals surface area contributed by atoms with E-state index in [1.807, 2.05) is 54.6 Å². The van der Waals surface area contributed by atoms with Crippen LogP contribution in [0.15, 0.2) is 54.6 Å². The summed E-state index contributed by atoms with van der Waals surface area (Å²) in [5.41, 5.74) is 7.09. The molecule has 0 saturated heterocycles. The van der Waals surface area contributed by atoms with Crippen LogP contribution in [0.4, 0.5) is 0 Å². The Labute approximate surface area is 125 Å². The molecule has 0 aliphatic carbocycles. The molecule has 0 spiro atoms. The maximum atomic E-state index is 6.09. The van der Waals surface area contributed by atoms with E-state index in [0.29, 0.717) is 19.8 Å². The van der Waals surface area contributed by atoms with Crippen molar-refractivity contribution in [1.82, 2.24) is 0 Å². The van der Waals surface area contributed by atoms with Crippen LogP contribution < -0.4 is 15.2 Å². The Balaban J connectivity index is 1.68. The number of hydrogen-bond acceptors (Lipinski definition) is 4. The molecule has 4 heteroatoms. The summed E-state index contributed by atoms with van der Waals surface area (Å²) in [7, 11) is 1.64. The van der Waals surface area contributed by atoms with E-state index in [2.05, 4.69) is 0 Å². The summed E-state index contributed by atoms with van der Waals surface area (Å²) in [6, 6.07) is 17.2. The van der Waals surface area contributed by atoms with Crippen LogP contribution in [0.3, 0.4) is 0 Å². The van der Waals surface area contributed by atoms with Crippen LogP contribution >= 0.6 is 0 Å². The van der Waals surface area contributed by atoms with E-state index >= 15 is 0 Å². The Bertz CT molecular complexity index is 531. The number of para-hydroxylation sites is 1. The Morgan fingerprint density at radius 3 is 2.48 bits per heavy atom. The fraction of sp³-hybridized carbons (Fsp3) is 0.294. The van der Waals surface area contributed by atoms with Crippen molar-refractivity contribution in [3.05, 3.63) is 60.2 Å². The lowest BCUT2D eigenvalue weighted by Gasteiger charge is -2.14. The number of hydrogen-bond donors (Lipinski definition) is 1. The second kappa shape index (κ2) is 8.29. The molecule has 2 rings (SSSR count). The van der Waals surface area contributed by atoms with Crippen molar-refractivity contribution >= 4 is 0 Å². The van der Waals surface area contributed by atoms with E-state index in [1.54, 1.807) is 7.11 Å². The molecule has 1 atom stereocenters. The minimum Gasteiger partial charge on any atom is -0.497 e. The molecule has 112 valence electrons. The van der Waals surface area contributed by atoms with Gasteiger partial charge in [-0.15, -0.1) is 0 Å². The monoisotopic (exact) mass is 287 g/mol. The van der Waals surface area contributed by atoms with Gasteiger partial charge in [-0.25, -0.2) is 0 Å². The molecular formula is C17H21NO3. The average Bonchev–Trinajstić information content (AvgIpc) is 2.55. The van der Waals surface area contributed by atoms with Gasteiger partial charge in [0, 0.05) is 0 Å². The highest BCUT2D eigenvalue weighted by atomic mass is 16.5. The van der Waals surface area contributed by atoms with Gasteiger partial charge in [-0.05, 0) is 29.8 Å². The third-order valence-electron chi connectivity index (χ3n) is 3.06. The lowest BCUT2D eigenvalue weighted by atomic mass is 10.1. The van der Waals surface area contributed by atoms with E-state index in [0.717, 1.165) is 17.1 Å². The molecule has 0 radical (unpaired) electrons. The molecule has 0 heterocycles. The molecular weight excluding hydrogens is 266 g/mol. The molecule has 0 saturated carbocycles. The standard InChI is InChI=1S/C17H21NO3/c1-19-16-9-5-6-14(12-16)17(18)13-20-10-11-21-15-7-3-2-4-8-15/h2-9,12,17H,10-11,13,18H2,1H3. The van der Waals surface area contributed by atoms with Crippen LogP contribution in [-0.4, -0.2) is 26.9 Å². The Kier molecular flexibility index (Phi) is 6.06. The zero-order chi connectivity index (χ0) is 14.9. The third-order valence-corrected chi connectivity index (χ3v) is 3.06. The largest absolute Gasteiger partial charge is 0.497 e. The molecule has 1 unspecified atom stereocenters. The molecule has 21 heavy (non-hydrogen) atoms. The quantitative estimate of drug-likeness (QED) is 0.759. The minimum absolute atomic E-state index is 0.170. The summed E-state index contributed by atoms with van der Waals surface area (Å²) in [5.74, 6) is 1.65. The number of ether oxygens (including phenoxy) is 3. The highest BCUT2D eigenvalue weighted by Crippen LogP contribution is 2.17. The molecule has 0 aliphatic heterocycles. The van der Waals surface area contributed by atoms with Crippen LogP contribution in [0.2, 0.25) is 0 Å². The van der Waals surface area contributed by atoms with Crippen LogP contribution in [-0.2, 0) is 4.74 Å². The van der Waals surface area contributed by atoms with E-state index in [-0.39, 0.29) is 6.04 Å². The van der Waals surface area contributed by atoms with Gasteiger partial charge >= 0.3 is 0 Å². The number of benzene rings is 2. The first kappa shape index (κ1) is 15.4. The van der Waals surface area contributed by atoms with Gasteiger partial charge in [0.15, 0.2) is 0 Å². The van der Waals surface area contributed by atoms with Gasteiger partial charge in [0.2, 0.25) is 0 Å². The number of rotatable bonds is 8. The number of nitrogens with two attached hydrogens (primary N) is 1. The Hall–Kier alpha value is -2.04. The first-order valence-electron chi connectivity index (χ1n) is 6.94. The Morgan fingerprint density at radius 2 is 1.71 bits per heavy atom. The van der Waals surface area contributed by atoms with Crippen molar-refractivity contribution in [3.8, 4) is 11.5 Å². The van der Waals surface area contributed by atoms with E-state index in [1.165, 1.54) is 0 Å². The maximum Gasteiger partial charge on any atom is 0.119 e. The molecule has 4 nitrogen and oxygen atoms in total. The molecule has 0 bridgehead atoms. The van der Waals surface area contributed by atoms with Crippen molar-refractivity contribution in [3.63, 3.8) is 0 Å². The van der Waals surface area contributed by atoms with Gasteiger partial charge < -0.3 is 19.9 Å².